The van der Waals surface area contributed by atoms with Crippen LogP contribution in [-0.4, -0.2) is 41.0 Å². The van der Waals surface area contributed by atoms with Gasteiger partial charge in [0.15, 0.2) is 0 Å². The van der Waals surface area contributed by atoms with Crippen molar-refractivity contribution in [2.45, 2.75) is 32.6 Å². The molecule has 140 valence electrons. The Bertz CT molecular complexity index is 998. The van der Waals surface area contributed by atoms with Gasteiger partial charge >= 0.3 is 0 Å². The summed E-state index contributed by atoms with van der Waals surface area (Å²) in [7, 11) is 1.70. The third kappa shape index (κ3) is 3.30. The molecule has 1 aromatic carbocycles. The van der Waals surface area contributed by atoms with E-state index < -0.39 is 0 Å². The molecule has 0 radical (unpaired) electrons. The summed E-state index contributed by atoms with van der Waals surface area (Å²) >= 11 is 1.42. The smallest absolute Gasteiger partial charge is 0.265 e. The lowest BCUT2D eigenvalue weighted by Gasteiger charge is -2.32. The van der Waals surface area contributed by atoms with Gasteiger partial charge in [-0.2, -0.15) is 0 Å². The molecular formula is C21H23N3O2S. The number of aryl methyl sites for hydroxylation is 2. The number of amides is 1. The summed E-state index contributed by atoms with van der Waals surface area (Å²) in [5.41, 5.74) is 4.74. The third-order valence-corrected chi connectivity index (χ3v) is 6.35. The van der Waals surface area contributed by atoms with E-state index in [4.69, 9.17) is 9.72 Å². The SMILES string of the molecule is COc1ccc2cnc([C@@H]3CCCN(C(=O)c4scnc4C)C3)cc2c1C. The summed E-state index contributed by atoms with van der Waals surface area (Å²) in [5, 5.41) is 2.28. The number of pyridine rings is 1. The van der Waals surface area contributed by atoms with E-state index in [1.165, 1.54) is 16.7 Å². The van der Waals surface area contributed by atoms with Gasteiger partial charge in [-0.15, -0.1) is 11.3 Å². The van der Waals surface area contributed by atoms with E-state index in [-0.39, 0.29) is 11.8 Å². The first-order valence-electron chi connectivity index (χ1n) is 9.21. The Hall–Kier alpha value is -2.47. The minimum absolute atomic E-state index is 0.0957. The van der Waals surface area contributed by atoms with Crippen molar-refractivity contribution >= 4 is 28.0 Å². The van der Waals surface area contributed by atoms with Gasteiger partial charge in [0.25, 0.3) is 5.91 Å². The number of fused-ring (bicyclic) bond motifs is 1. The van der Waals surface area contributed by atoms with Gasteiger partial charge < -0.3 is 9.64 Å². The predicted octanol–water partition coefficient (Wildman–Crippen LogP) is 4.34. The lowest BCUT2D eigenvalue weighted by molar-refractivity contribution is 0.0710. The summed E-state index contributed by atoms with van der Waals surface area (Å²) in [6.07, 6.45) is 3.98. The Kier molecular flexibility index (Phi) is 4.83. The van der Waals surface area contributed by atoms with Crippen LogP contribution in [0.1, 0.15) is 45.4 Å². The molecule has 6 heteroatoms. The van der Waals surface area contributed by atoms with Crippen molar-refractivity contribution in [3.05, 3.63) is 51.7 Å². The van der Waals surface area contributed by atoms with Crippen molar-refractivity contribution in [1.29, 1.82) is 0 Å². The number of benzene rings is 1. The van der Waals surface area contributed by atoms with Crippen LogP contribution in [0.15, 0.2) is 29.9 Å². The number of carbonyl (C=O) groups excluding carboxylic acids is 1. The Morgan fingerprint density at radius 3 is 2.89 bits per heavy atom. The average Bonchev–Trinajstić information content (AvgIpc) is 3.13. The molecule has 27 heavy (non-hydrogen) atoms. The maximum absolute atomic E-state index is 12.9. The second kappa shape index (κ2) is 7.27. The van der Waals surface area contributed by atoms with Crippen LogP contribution in [-0.2, 0) is 0 Å². The highest BCUT2D eigenvalue weighted by atomic mass is 32.1. The second-order valence-electron chi connectivity index (χ2n) is 7.08. The summed E-state index contributed by atoms with van der Waals surface area (Å²) in [6.45, 7) is 5.48. The van der Waals surface area contributed by atoms with Crippen LogP contribution in [0.3, 0.4) is 0 Å². The maximum Gasteiger partial charge on any atom is 0.265 e. The normalized spacial score (nSPS) is 17.3. The van der Waals surface area contributed by atoms with Crippen molar-refractivity contribution < 1.29 is 9.53 Å². The monoisotopic (exact) mass is 381 g/mol. The number of rotatable bonds is 3. The summed E-state index contributed by atoms with van der Waals surface area (Å²) in [5.74, 6) is 1.24. The van der Waals surface area contributed by atoms with Crippen molar-refractivity contribution in [2.75, 3.05) is 20.2 Å². The number of aromatic nitrogens is 2. The standard InChI is InChI=1S/C21H23N3O2S/c1-13-17-9-18(22-10-15(17)6-7-19(13)26-3)16-5-4-8-24(11-16)21(25)20-14(2)23-12-27-20/h6-7,9-10,12,16H,4-5,8,11H2,1-3H3/t16-/m1/s1. The molecule has 1 fully saturated rings. The lowest BCUT2D eigenvalue weighted by atomic mass is 9.92. The molecule has 0 unspecified atom stereocenters. The van der Waals surface area contributed by atoms with E-state index in [1.54, 1.807) is 12.6 Å². The molecule has 5 nitrogen and oxygen atoms in total. The van der Waals surface area contributed by atoms with Crippen molar-refractivity contribution in [3.63, 3.8) is 0 Å². The molecule has 1 amide bonds. The highest BCUT2D eigenvalue weighted by Gasteiger charge is 2.28. The van der Waals surface area contributed by atoms with E-state index >= 15 is 0 Å². The Balaban J connectivity index is 1.62. The fourth-order valence-corrected chi connectivity index (χ4v) is 4.63. The zero-order chi connectivity index (χ0) is 19.0. The number of carbonyl (C=O) groups is 1. The molecule has 0 aliphatic carbocycles. The van der Waals surface area contributed by atoms with E-state index in [0.717, 1.165) is 52.4 Å². The molecule has 1 aliphatic heterocycles. The Labute approximate surface area is 163 Å². The highest BCUT2D eigenvalue weighted by molar-refractivity contribution is 7.11. The lowest BCUT2D eigenvalue weighted by Crippen LogP contribution is -2.39. The second-order valence-corrected chi connectivity index (χ2v) is 7.94. The van der Waals surface area contributed by atoms with Crippen molar-refractivity contribution in [3.8, 4) is 5.75 Å². The number of likely N-dealkylation sites (tertiary alicyclic amines) is 1. The Morgan fingerprint density at radius 2 is 2.15 bits per heavy atom. The quantitative estimate of drug-likeness (QED) is 0.677. The topological polar surface area (TPSA) is 55.3 Å². The number of methoxy groups -OCH3 is 1. The van der Waals surface area contributed by atoms with Gasteiger partial charge in [0.2, 0.25) is 0 Å². The van der Waals surface area contributed by atoms with Gasteiger partial charge in [-0.1, -0.05) is 0 Å². The van der Waals surface area contributed by atoms with E-state index in [1.807, 2.05) is 30.2 Å². The van der Waals surface area contributed by atoms with Gasteiger partial charge in [0.05, 0.1) is 18.3 Å². The molecule has 4 rings (SSSR count). The zero-order valence-corrected chi connectivity index (χ0v) is 16.7. The van der Waals surface area contributed by atoms with Gasteiger partial charge in [0.1, 0.15) is 10.6 Å². The molecule has 2 aromatic heterocycles. The highest BCUT2D eigenvalue weighted by Crippen LogP contribution is 2.32. The molecule has 1 atom stereocenters. The molecule has 0 spiro atoms. The molecule has 3 heterocycles. The summed E-state index contributed by atoms with van der Waals surface area (Å²) in [4.78, 5) is 24.5. The predicted molar refractivity (Wildman–Crippen MR) is 108 cm³/mol. The van der Waals surface area contributed by atoms with E-state index in [0.29, 0.717) is 6.54 Å². The average molecular weight is 382 g/mol. The number of hydrogen-bond donors (Lipinski definition) is 0. The molecule has 0 N–H and O–H groups in total. The van der Waals surface area contributed by atoms with Crippen molar-refractivity contribution in [2.24, 2.45) is 0 Å². The Morgan fingerprint density at radius 1 is 1.30 bits per heavy atom. The third-order valence-electron chi connectivity index (χ3n) is 5.43. The molecule has 1 aliphatic rings. The largest absolute Gasteiger partial charge is 0.496 e. The minimum atomic E-state index is 0.0957. The van der Waals surface area contributed by atoms with Gasteiger partial charge in [-0.05, 0) is 55.8 Å². The van der Waals surface area contributed by atoms with Crippen molar-refractivity contribution in [1.82, 2.24) is 14.9 Å². The van der Waals surface area contributed by atoms with Gasteiger partial charge in [-0.3, -0.25) is 9.78 Å². The van der Waals surface area contributed by atoms with Crippen LogP contribution < -0.4 is 4.74 Å². The number of ether oxygens (including phenoxy) is 1. The number of thiazole rings is 1. The van der Waals surface area contributed by atoms with Crippen LogP contribution in [0.4, 0.5) is 0 Å². The van der Waals surface area contributed by atoms with Crippen LogP contribution in [0.2, 0.25) is 0 Å². The first-order chi connectivity index (χ1) is 13.1. The van der Waals surface area contributed by atoms with E-state index in [9.17, 15) is 4.79 Å². The van der Waals surface area contributed by atoms with Crippen LogP contribution in [0.25, 0.3) is 10.8 Å². The zero-order valence-electron chi connectivity index (χ0n) is 15.9. The summed E-state index contributed by atoms with van der Waals surface area (Å²) in [6, 6.07) is 6.20. The molecule has 0 bridgehead atoms. The minimum Gasteiger partial charge on any atom is -0.496 e. The fraction of sp³-hybridized carbons (Fsp3) is 0.381. The maximum atomic E-state index is 12.9. The number of piperidine rings is 1. The first-order valence-corrected chi connectivity index (χ1v) is 10.1. The number of hydrogen-bond acceptors (Lipinski definition) is 5. The van der Waals surface area contributed by atoms with Crippen LogP contribution in [0.5, 0.6) is 5.75 Å². The summed E-state index contributed by atoms with van der Waals surface area (Å²) < 4.78 is 5.46. The molecule has 0 saturated carbocycles. The van der Waals surface area contributed by atoms with Gasteiger partial charge in [0, 0.05) is 36.3 Å². The number of nitrogens with zero attached hydrogens (tertiary/aromatic N) is 3. The van der Waals surface area contributed by atoms with Crippen LogP contribution >= 0.6 is 11.3 Å². The van der Waals surface area contributed by atoms with Gasteiger partial charge in [-0.25, -0.2) is 4.98 Å². The van der Waals surface area contributed by atoms with E-state index in [2.05, 4.69) is 18.0 Å². The molecule has 3 aromatic rings. The first kappa shape index (κ1) is 17.9. The molecular weight excluding hydrogens is 358 g/mol. The fourth-order valence-electron chi connectivity index (χ4n) is 3.86. The molecule has 1 saturated heterocycles. The van der Waals surface area contributed by atoms with Crippen LogP contribution in [0, 0.1) is 13.8 Å².